The van der Waals surface area contributed by atoms with E-state index in [2.05, 4.69) is 5.32 Å². The minimum atomic E-state index is -0.408. The Labute approximate surface area is 142 Å². The van der Waals surface area contributed by atoms with E-state index in [0.29, 0.717) is 19.3 Å². The molecule has 4 heteroatoms. The lowest BCUT2D eigenvalue weighted by Gasteiger charge is -2.15. The van der Waals surface area contributed by atoms with Gasteiger partial charge < -0.3 is 15.2 Å². The van der Waals surface area contributed by atoms with Crippen molar-refractivity contribution in [3.63, 3.8) is 0 Å². The molecular formula is C20H23NO3. The predicted molar refractivity (Wildman–Crippen MR) is 93.1 cm³/mol. The number of para-hydroxylation sites is 1. The summed E-state index contributed by atoms with van der Waals surface area (Å²) in [5.41, 5.74) is 1.05. The number of rotatable bonds is 7. The topological polar surface area (TPSA) is 58.6 Å². The highest BCUT2D eigenvalue weighted by Crippen LogP contribution is 2.23. The second kappa shape index (κ2) is 7.97. The molecule has 0 radical (unpaired) electrons. The summed E-state index contributed by atoms with van der Waals surface area (Å²) in [6.07, 6.45) is 3.19. The van der Waals surface area contributed by atoms with Gasteiger partial charge in [0.1, 0.15) is 11.5 Å². The highest BCUT2D eigenvalue weighted by molar-refractivity contribution is 5.78. The van der Waals surface area contributed by atoms with Gasteiger partial charge in [-0.2, -0.15) is 0 Å². The average molecular weight is 325 g/mol. The number of benzene rings is 2. The van der Waals surface area contributed by atoms with Gasteiger partial charge in [0.25, 0.3) is 0 Å². The van der Waals surface area contributed by atoms with E-state index in [4.69, 9.17) is 4.74 Å². The molecule has 1 saturated heterocycles. The quantitative estimate of drug-likeness (QED) is 0.820. The first kappa shape index (κ1) is 16.5. The number of hydrogen-bond donors (Lipinski definition) is 2. The van der Waals surface area contributed by atoms with Gasteiger partial charge >= 0.3 is 0 Å². The van der Waals surface area contributed by atoms with E-state index in [9.17, 15) is 9.90 Å². The van der Waals surface area contributed by atoms with E-state index in [-0.39, 0.29) is 11.9 Å². The van der Waals surface area contributed by atoms with Gasteiger partial charge in [0, 0.05) is 12.5 Å². The molecule has 2 unspecified atom stereocenters. The molecule has 24 heavy (non-hydrogen) atoms. The van der Waals surface area contributed by atoms with Crippen molar-refractivity contribution in [1.29, 1.82) is 0 Å². The largest absolute Gasteiger partial charge is 0.457 e. The Kier molecular flexibility index (Phi) is 5.49. The molecule has 1 fully saturated rings. The Balaban J connectivity index is 1.51. The zero-order chi connectivity index (χ0) is 16.8. The van der Waals surface area contributed by atoms with Crippen LogP contribution >= 0.6 is 0 Å². The minimum absolute atomic E-state index is 0.125. The summed E-state index contributed by atoms with van der Waals surface area (Å²) < 4.78 is 5.82. The Morgan fingerprint density at radius 2 is 1.92 bits per heavy atom. The number of nitrogens with one attached hydrogen (secondary N) is 1. The molecule has 0 aliphatic carbocycles. The Morgan fingerprint density at radius 3 is 2.67 bits per heavy atom. The normalized spacial score (nSPS) is 18.2. The highest BCUT2D eigenvalue weighted by Gasteiger charge is 2.21. The van der Waals surface area contributed by atoms with Gasteiger partial charge in [-0.25, -0.2) is 0 Å². The van der Waals surface area contributed by atoms with Crippen LogP contribution in [0, 0.1) is 0 Å². The average Bonchev–Trinajstić information content (AvgIpc) is 3.00. The zero-order valence-corrected chi connectivity index (χ0v) is 13.7. The van der Waals surface area contributed by atoms with Gasteiger partial charge in [-0.3, -0.25) is 4.79 Å². The fourth-order valence-corrected chi connectivity index (χ4v) is 3.02. The number of aliphatic hydroxyl groups excluding tert-OH is 1. The molecule has 0 aromatic heterocycles. The fourth-order valence-electron chi connectivity index (χ4n) is 3.02. The number of carbonyl (C=O) groups is 1. The van der Waals surface area contributed by atoms with Crippen LogP contribution in [0.2, 0.25) is 0 Å². The number of aliphatic hydroxyl groups is 1. The Hall–Kier alpha value is -2.33. The summed E-state index contributed by atoms with van der Waals surface area (Å²) in [6.45, 7) is 0. The lowest BCUT2D eigenvalue weighted by Crippen LogP contribution is -2.26. The SMILES string of the molecule is O=C1CCC(CCC(O)Cc2cccc(Oc3ccccc3)c2)N1. The number of hydrogen-bond acceptors (Lipinski definition) is 3. The first-order chi connectivity index (χ1) is 11.7. The van der Waals surface area contributed by atoms with E-state index in [0.717, 1.165) is 29.9 Å². The van der Waals surface area contributed by atoms with Gasteiger partial charge in [-0.15, -0.1) is 0 Å². The number of ether oxygens (including phenoxy) is 1. The molecule has 4 nitrogen and oxygen atoms in total. The van der Waals surface area contributed by atoms with Gasteiger partial charge in [-0.05, 0) is 55.5 Å². The van der Waals surface area contributed by atoms with Gasteiger partial charge in [0.2, 0.25) is 5.91 Å². The van der Waals surface area contributed by atoms with Crippen LogP contribution in [0.25, 0.3) is 0 Å². The third-order valence-electron chi connectivity index (χ3n) is 4.28. The van der Waals surface area contributed by atoms with Crippen LogP contribution in [0.5, 0.6) is 11.5 Å². The number of carbonyl (C=O) groups excluding carboxylic acids is 1. The predicted octanol–water partition coefficient (Wildman–Crippen LogP) is 3.44. The van der Waals surface area contributed by atoms with Crippen LogP contribution < -0.4 is 10.1 Å². The van der Waals surface area contributed by atoms with Gasteiger partial charge in [0.05, 0.1) is 6.10 Å². The maximum atomic E-state index is 11.2. The van der Waals surface area contributed by atoms with Crippen LogP contribution in [0.4, 0.5) is 0 Å². The molecule has 1 aliphatic rings. The highest BCUT2D eigenvalue weighted by atomic mass is 16.5. The summed E-state index contributed by atoms with van der Waals surface area (Å²) in [5.74, 6) is 1.70. The molecule has 126 valence electrons. The van der Waals surface area contributed by atoms with Crippen molar-refractivity contribution in [2.24, 2.45) is 0 Å². The molecule has 2 atom stereocenters. The maximum Gasteiger partial charge on any atom is 0.220 e. The van der Waals surface area contributed by atoms with E-state index in [1.807, 2.05) is 54.6 Å². The molecule has 1 amide bonds. The summed E-state index contributed by atoms with van der Waals surface area (Å²) in [5, 5.41) is 13.2. The lowest BCUT2D eigenvalue weighted by atomic mass is 10.0. The lowest BCUT2D eigenvalue weighted by molar-refractivity contribution is -0.119. The molecule has 2 aromatic carbocycles. The number of amides is 1. The summed E-state index contributed by atoms with van der Waals surface area (Å²) in [6, 6.07) is 17.7. The maximum absolute atomic E-state index is 11.2. The first-order valence-corrected chi connectivity index (χ1v) is 8.48. The second-order valence-electron chi connectivity index (χ2n) is 6.30. The van der Waals surface area contributed by atoms with Crippen molar-refractivity contribution in [2.45, 2.75) is 44.2 Å². The smallest absolute Gasteiger partial charge is 0.220 e. The third kappa shape index (κ3) is 4.83. The van der Waals surface area contributed by atoms with E-state index < -0.39 is 6.10 Å². The molecule has 2 aromatic rings. The summed E-state index contributed by atoms with van der Waals surface area (Å²) >= 11 is 0. The van der Waals surface area contributed by atoms with Crippen molar-refractivity contribution in [1.82, 2.24) is 5.32 Å². The molecular weight excluding hydrogens is 302 g/mol. The zero-order valence-electron chi connectivity index (χ0n) is 13.7. The molecule has 1 heterocycles. The van der Waals surface area contributed by atoms with Crippen molar-refractivity contribution < 1.29 is 14.6 Å². The molecule has 3 rings (SSSR count). The Bertz CT molecular complexity index is 672. The first-order valence-electron chi connectivity index (χ1n) is 8.48. The van der Waals surface area contributed by atoms with Crippen LogP contribution in [0.3, 0.4) is 0 Å². The van der Waals surface area contributed by atoms with Gasteiger partial charge in [0.15, 0.2) is 0 Å². The molecule has 2 N–H and O–H groups in total. The van der Waals surface area contributed by atoms with Crippen LogP contribution in [-0.2, 0) is 11.2 Å². The van der Waals surface area contributed by atoms with Crippen LogP contribution in [-0.4, -0.2) is 23.2 Å². The fraction of sp³-hybridized carbons (Fsp3) is 0.350. The van der Waals surface area contributed by atoms with E-state index >= 15 is 0 Å². The molecule has 0 spiro atoms. The minimum Gasteiger partial charge on any atom is -0.457 e. The Morgan fingerprint density at radius 1 is 1.12 bits per heavy atom. The van der Waals surface area contributed by atoms with Crippen molar-refractivity contribution in [3.8, 4) is 11.5 Å². The second-order valence-corrected chi connectivity index (χ2v) is 6.30. The van der Waals surface area contributed by atoms with E-state index in [1.54, 1.807) is 0 Å². The van der Waals surface area contributed by atoms with Crippen LogP contribution in [0.15, 0.2) is 54.6 Å². The van der Waals surface area contributed by atoms with Crippen molar-refractivity contribution in [2.75, 3.05) is 0 Å². The van der Waals surface area contributed by atoms with Crippen molar-refractivity contribution >= 4 is 5.91 Å². The standard InChI is InChI=1S/C20H23NO3/c22-17(11-9-16-10-12-20(23)21-16)13-15-5-4-8-19(14-15)24-18-6-2-1-3-7-18/h1-8,14,16-17,22H,9-13H2,(H,21,23). The monoisotopic (exact) mass is 325 g/mol. The molecule has 0 bridgehead atoms. The van der Waals surface area contributed by atoms with E-state index in [1.165, 1.54) is 0 Å². The molecule has 0 saturated carbocycles. The third-order valence-corrected chi connectivity index (χ3v) is 4.28. The molecule has 1 aliphatic heterocycles. The van der Waals surface area contributed by atoms with Crippen molar-refractivity contribution in [3.05, 3.63) is 60.2 Å². The van der Waals surface area contributed by atoms with Crippen LogP contribution in [0.1, 0.15) is 31.2 Å². The summed E-state index contributed by atoms with van der Waals surface area (Å²) in [4.78, 5) is 11.2. The summed E-state index contributed by atoms with van der Waals surface area (Å²) in [7, 11) is 0. The van der Waals surface area contributed by atoms with Gasteiger partial charge in [-0.1, -0.05) is 30.3 Å².